The van der Waals surface area contributed by atoms with E-state index in [4.69, 9.17) is 0 Å². The highest BCUT2D eigenvalue weighted by atomic mass is 14.1. The molecule has 0 nitrogen and oxygen atoms in total. The lowest BCUT2D eigenvalue weighted by Crippen LogP contribution is -1.81. The van der Waals surface area contributed by atoms with Crippen LogP contribution in [0.15, 0.2) is 42.1 Å². The average Bonchev–Trinajstić information content (AvgIpc) is 2.47. The van der Waals surface area contributed by atoms with Gasteiger partial charge in [-0.25, -0.2) is 0 Å². The molecule has 0 heterocycles. The first-order valence-electron chi connectivity index (χ1n) is 4.96. The summed E-state index contributed by atoms with van der Waals surface area (Å²) >= 11 is 0. The van der Waals surface area contributed by atoms with Gasteiger partial charge < -0.3 is 0 Å². The lowest BCUT2D eigenvalue weighted by Gasteiger charge is -2.02. The van der Waals surface area contributed by atoms with Crippen LogP contribution in [0.5, 0.6) is 0 Å². The lowest BCUT2D eigenvalue weighted by atomic mass is 10.0. The zero-order chi connectivity index (χ0) is 8.93. The Bertz CT molecular complexity index is 326. The molecule has 0 aromatic heterocycles. The largest absolute Gasteiger partial charge is 0.121 e. The van der Waals surface area contributed by atoms with Crippen molar-refractivity contribution in [2.24, 2.45) is 0 Å². The highest BCUT2D eigenvalue weighted by molar-refractivity contribution is 5.64. The minimum atomic E-state index is 1.18. The van der Waals surface area contributed by atoms with Crippen molar-refractivity contribution in [2.75, 3.05) is 0 Å². The maximum absolute atomic E-state index is 3.39. The van der Waals surface area contributed by atoms with Crippen molar-refractivity contribution in [3.05, 3.63) is 47.7 Å². The van der Waals surface area contributed by atoms with Crippen LogP contribution in [-0.2, 0) is 0 Å². The van der Waals surface area contributed by atoms with Crippen LogP contribution in [0.1, 0.15) is 31.2 Å². The van der Waals surface area contributed by atoms with Crippen molar-refractivity contribution < 1.29 is 0 Å². The van der Waals surface area contributed by atoms with Crippen molar-refractivity contribution >= 4 is 5.57 Å². The zero-order valence-electron chi connectivity index (χ0n) is 7.79. The van der Waals surface area contributed by atoms with E-state index in [-0.39, 0.29) is 0 Å². The molecule has 0 saturated carbocycles. The summed E-state index contributed by atoms with van der Waals surface area (Å²) in [6.45, 7) is 0. The van der Waals surface area contributed by atoms with E-state index < -0.39 is 0 Å². The standard InChI is InChI=1S/C13H14/c1-2-5-9-12(8-4-1)13-10-6-3-7-11-13/h3-4,6-7,10-11H,1-2,5,9H2. The summed E-state index contributed by atoms with van der Waals surface area (Å²) in [6.07, 6.45) is 7.16. The molecular formula is C13H14. The Balaban J connectivity index is 2.30. The fourth-order valence-electron chi connectivity index (χ4n) is 1.68. The summed E-state index contributed by atoms with van der Waals surface area (Å²) < 4.78 is 0. The summed E-state index contributed by atoms with van der Waals surface area (Å²) in [4.78, 5) is 0. The van der Waals surface area contributed by atoms with E-state index in [9.17, 15) is 0 Å². The Labute approximate surface area is 79.6 Å². The highest BCUT2D eigenvalue weighted by Gasteiger charge is 2.01. The Kier molecular flexibility index (Phi) is 2.64. The third kappa shape index (κ3) is 2.11. The van der Waals surface area contributed by atoms with E-state index in [1.54, 1.807) is 0 Å². The Morgan fingerprint density at radius 1 is 1.00 bits per heavy atom. The second-order valence-electron chi connectivity index (χ2n) is 3.44. The Hall–Kier alpha value is -1.26. The van der Waals surface area contributed by atoms with E-state index in [0.29, 0.717) is 0 Å². The Morgan fingerprint density at radius 3 is 2.69 bits per heavy atom. The molecule has 1 aliphatic carbocycles. The predicted octanol–water partition coefficient (Wildman–Crippen LogP) is 3.80. The van der Waals surface area contributed by atoms with Crippen LogP contribution >= 0.6 is 0 Å². The van der Waals surface area contributed by atoms with E-state index in [2.05, 4.69) is 42.1 Å². The van der Waals surface area contributed by atoms with E-state index in [1.165, 1.54) is 36.8 Å². The smallest absolute Gasteiger partial charge is 0.000867 e. The fourth-order valence-corrected chi connectivity index (χ4v) is 1.68. The molecule has 0 spiro atoms. The maximum Gasteiger partial charge on any atom is 0.000867 e. The van der Waals surface area contributed by atoms with Gasteiger partial charge in [-0.05, 0) is 37.3 Å². The van der Waals surface area contributed by atoms with Gasteiger partial charge in [0.15, 0.2) is 0 Å². The first kappa shape index (κ1) is 8.34. The van der Waals surface area contributed by atoms with Gasteiger partial charge in [-0.3, -0.25) is 0 Å². The van der Waals surface area contributed by atoms with Gasteiger partial charge in [-0.2, -0.15) is 0 Å². The van der Waals surface area contributed by atoms with Crippen molar-refractivity contribution in [3.8, 4) is 0 Å². The first-order valence-corrected chi connectivity index (χ1v) is 4.96. The van der Waals surface area contributed by atoms with Gasteiger partial charge in [0, 0.05) is 5.57 Å². The summed E-state index contributed by atoms with van der Waals surface area (Å²) in [5.41, 5.74) is 6.10. The molecule has 13 heavy (non-hydrogen) atoms. The Morgan fingerprint density at radius 2 is 1.85 bits per heavy atom. The van der Waals surface area contributed by atoms with Crippen LogP contribution in [-0.4, -0.2) is 0 Å². The van der Waals surface area contributed by atoms with Crippen molar-refractivity contribution in [3.63, 3.8) is 0 Å². The molecule has 1 aromatic carbocycles. The molecule has 0 radical (unpaired) electrons. The molecule has 0 N–H and O–H groups in total. The first-order chi connectivity index (χ1) is 6.47. The van der Waals surface area contributed by atoms with Gasteiger partial charge >= 0.3 is 0 Å². The van der Waals surface area contributed by atoms with Crippen molar-refractivity contribution in [2.45, 2.75) is 25.7 Å². The van der Waals surface area contributed by atoms with Crippen LogP contribution in [0.3, 0.4) is 0 Å². The van der Waals surface area contributed by atoms with Gasteiger partial charge in [-0.1, -0.05) is 30.3 Å². The summed E-state index contributed by atoms with van der Waals surface area (Å²) in [6, 6.07) is 10.6. The molecule has 2 rings (SSSR count). The summed E-state index contributed by atoms with van der Waals surface area (Å²) in [5, 5.41) is 0. The molecule has 0 saturated heterocycles. The van der Waals surface area contributed by atoms with E-state index in [1.807, 2.05) is 0 Å². The minimum absolute atomic E-state index is 1.18. The molecule has 0 heteroatoms. The van der Waals surface area contributed by atoms with Crippen LogP contribution < -0.4 is 0 Å². The predicted molar refractivity (Wildman–Crippen MR) is 56.4 cm³/mol. The van der Waals surface area contributed by atoms with Gasteiger partial charge in [0.25, 0.3) is 0 Å². The molecule has 0 atom stereocenters. The lowest BCUT2D eigenvalue weighted by molar-refractivity contribution is 0.778. The van der Waals surface area contributed by atoms with E-state index >= 15 is 0 Å². The zero-order valence-corrected chi connectivity index (χ0v) is 7.79. The number of allylic oxidation sites excluding steroid dienone is 1. The number of hydrogen-bond donors (Lipinski definition) is 0. The maximum atomic E-state index is 3.39. The third-order valence-corrected chi connectivity index (χ3v) is 2.42. The second kappa shape index (κ2) is 4.11. The molecule has 0 unspecified atom stereocenters. The molecule has 0 amide bonds. The number of benzene rings is 1. The van der Waals surface area contributed by atoms with Crippen LogP contribution in [0.25, 0.3) is 5.57 Å². The molecule has 66 valence electrons. The molecule has 0 bridgehead atoms. The molecular weight excluding hydrogens is 156 g/mol. The van der Waals surface area contributed by atoms with Crippen LogP contribution in [0.2, 0.25) is 0 Å². The number of hydrogen-bond acceptors (Lipinski definition) is 0. The van der Waals surface area contributed by atoms with Crippen LogP contribution in [0, 0.1) is 0 Å². The minimum Gasteiger partial charge on any atom is -0.121 e. The average molecular weight is 170 g/mol. The summed E-state index contributed by atoms with van der Waals surface area (Å²) in [5.74, 6) is 0. The van der Waals surface area contributed by atoms with Gasteiger partial charge in [0.1, 0.15) is 0 Å². The van der Waals surface area contributed by atoms with Gasteiger partial charge in [0.05, 0.1) is 0 Å². The third-order valence-electron chi connectivity index (χ3n) is 2.42. The molecule has 1 aromatic rings. The SMILES string of the molecule is C1=CCCCCC=1c1ccccc1. The monoisotopic (exact) mass is 170 g/mol. The molecule has 0 fully saturated rings. The van der Waals surface area contributed by atoms with Crippen molar-refractivity contribution in [1.82, 2.24) is 0 Å². The highest BCUT2D eigenvalue weighted by Crippen LogP contribution is 2.21. The normalized spacial score (nSPS) is 16.5. The number of rotatable bonds is 1. The molecule has 0 aliphatic heterocycles. The van der Waals surface area contributed by atoms with Gasteiger partial charge in [0.2, 0.25) is 0 Å². The topological polar surface area (TPSA) is 0 Å². The summed E-state index contributed by atoms with van der Waals surface area (Å²) in [7, 11) is 0. The molecule has 1 aliphatic rings. The van der Waals surface area contributed by atoms with Gasteiger partial charge in [-0.15, -0.1) is 5.73 Å². The van der Waals surface area contributed by atoms with Crippen molar-refractivity contribution in [1.29, 1.82) is 0 Å². The fraction of sp³-hybridized carbons (Fsp3) is 0.308. The van der Waals surface area contributed by atoms with Crippen LogP contribution in [0.4, 0.5) is 0 Å². The van der Waals surface area contributed by atoms with E-state index in [0.717, 1.165) is 0 Å². The second-order valence-corrected chi connectivity index (χ2v) is 3.44. The quantitative estimate of drug-likeness (QED) is 0.562.